The first kappa shape index (κ1) is 28.2. The van der Waals surface area contributed by atoms with Gasteiger partial charge in [-0.25, -0.2) is 22.3 Å². The molecule has 37 heavy (non-hydrogen) atoms. The number of hydrogen-bond donors (Lipinski definition) is 1. The van der Waals surface area contributed by atoms with Gasteiger partial charge in [-0.15, -0.1) is 0 Å². The molecule has 1 amide bonds. The zero-order valence-corrected chi connectivity index (χ0v) is 23.1. The smallest absolute Gasteiger partial charge is 0.289 e. The first-order chi connectivity index (χ1) is 17.5. The minimum atomic E-state index is -4.13. The number of hydrogen-bond acceptors (Lipinski definition) is 8. The maximum Gasteiger partial charge on any atom is 0.289 e. The van der Waals surface area contributed by atoms with Gasteiger partial charge in [-0.1, -0.05) is 19.9 Å². The Kier molecular flexibility index (Phi) is 8.64. The number of carbonyl (C=O) groups is 1. The molecule has 0 aliphatic heterocycles. The van der Waals surface area contributed by atoms with E-state index in [1.54, 1.807) is 51.1 Å². The number of aryl methyl sites for hydroxylation is 1. The number of fused-ring (bicyclic) bond motifs is 1. The Bertz CT molecular complexity index is 1560. The van der Waals surface area contributed by atoms with Gasteiger partial charge in [0.15, 0.2) is 31.2 Å². The molecular formula is C25H31N3O7S2. The summed E-state index contributed by atoms with van der Waals surface area (Å²) < 4.78 is 65.3. The minimum Gasteiger partial charge on any atom is -0.493 e. The molecule has 0 saturated carbocycles. The Morgan fingerprint density at radius 1 is 0.973 bits per heavy atom. The van der Waals surface area contributed by atoms with Gasteiger partial charge >= 0.3 is 0 Å². The quantitative estimate of drug-likeness (QED) is 0.286. The largest absolute Gasteiger partial charge is 0.493 e. The van der Waals surface area contributed by atoms with Crippen LogP contribution in [0.25, 0.3) is 5.52 Å². The van der Waals surface area contributed by atoms with E-state index < -0.39 is 30.5 Å². The van der Waals surface area contributed by atoms with Crippen LogP contribution >= 0.6 is 0 Å². The van der Waals surface area contributed by atoms with Gasteiger partial charge in [-0.2, -0.15) is 5.10 Å². The molecule has 0 bridgehead atoms. The molecule has 3 rings (SSSR count). The molecule has 2 aromatic heterocycles. The lowest BCUT2D eigenvalue weighted by atomic mass is 10.2. The molecule has 12 heteroatoms. The summed E-state index contributed by atoms with van der Waals surface area (Å²) in [6.45, 7) is 5.04. The van der Waals surface area contributed by atoms with Crippen molar-refractivity contribution in [3.63, 3.8) is 0 Å². The summed E-state index contributed by atoms with van der Waals surface area (Å²) in [5.74, 6) is -0.444. The topological polar surface area (TPSA) is 133 Å². The van der Waals surface area contributed by atoms with E-state index in [-0.39, 0.29) is 40.5 Å². The van der Waals surface area contributed by atoms with Gasteiger partial charge in [0.1, 0.15) is 15.5 Å². The van der Waals surface area contributed by atoms with E-state index in [9.17, 15) is 21.6 Å². The standard InChI is InChI=1S/C25H31N3O7S2/c1-6-13-36(30,31)23-21-17(3)9-8-12-28(21)22(24(23)37(32,33)14-7-2)25(29)27-26-16-18-10-11-19(34-4)20(15-18)35-5/h8-12,15-16H,6-7,13-14H2,1-5H3,(H,27,29)/b26-16+. The summed E-state index contributed by atoms with van der Waals surface area (Å²) in [5.41, 5.74) is 3.33. The van der Waals surface area contributed by atoms with Gasteiger partial charge in [0, 0.05) is 6.20 Å². The zero-order valence-electron chi connectivity index (χ0n) is 21.4. The first-order valence-corrected chi connectivity index (χ1v) is 15.0. The number of nitrogens with zero attached hydrogens (tertiary/aromatic N) is 2. The maximum atomic E-state index is 13.4. The van der Waals surface area contributed by atoms with E-state index in [0.717, 1.165) is 0 Å². The Labute approximate surface area is 217 Å². The number of sulfone groups is 2. The number of pyridine rings is 1. The summed E-state index contributed by atoms with van der Waals surface area (Å²) in [5, 5.41) is 3.98. The molecule has 0 aliphatic carbocycles. The van der Waals surface area contributed by atoms with Crippen molar-refractivity contribution < 1.29 is 31.1 Å². The third kappa shape index (κ3) is 5.64. The molecule has 1 aromatic carbocycles. The highest BCUT2D eigenvalue weighted by Crippen LogP contribution is 2.36. The van der Waals surface area contributed by atoms with Crippen molar-refractivity contribution >= 4 is 37.3 Å². The predicted molar refractivity (Wildman–Crippen MR) is 141 cm³/mol. The Balaban J connectivity index is 2.19. The lowest BCUT2D eigenvalue weighted by Gasteiger charge is -2.09. The van der Waals surface area contributed by atoms with Crippen LogP contribution in [0, 0.1) is 6.92 Å². The van der Waals surface area contributed by atoms with Crippen LogP contribution < -0.4 is 14.9 Å². The average Bonchev–Trinajstić information content (AvgIpc) is 3.22. The summed E-state index contributed by atoms with van der Waals surface area (Å²) in [7, 11) is -5.16. The fraction of sp³-hybridized carbons (Fsp3) is 0.360. The maximum absolute atomic E-state index is 13.4. The number of benzene rings is 1. The second-order valence-corrected chi connectivity index (χ2v) is 12.5. The molecule has 0 spiro atoms. The van der Waals surface area contributed by atoms with Gasteiger partial charge in [0.2, 0.25) is 0 Å². The lowest BCUT2D eigenvalue weighted by Crippen LogP contribution is -2.23. The van der Waals surface area contributed by atoms with Gasteiger partial charge in [-0.05, 0) is 55.2 Å². The number of methoxy groups -OCH3 is 2. The predicted octanol–water partition coefficient (Wildman–Crippen LogP) is 3.40. The monoisotopic (exact) mass is 549 g/mol. The van der Waals surface area contributed by atoms with Gasteiger partial charge in [0.05, 0.1) is 37.5 Å². The number of carbonyl (C=O) groups excluding carboxylic acids is 1. The van der Waals surface area contributed by atoms with Crippen LogP contribution in [0.1, 0.15) is 48.3 Å². The summed E-state index contributed by atoms with van der Waals surface area (Å²) in [6.07, 6.45) is 3.37. The minimum absolute atomic E-state index is 0.166. The number of amides is 1. The van der Waals surface area contributed by atoms with Crippen molar-refractivity contribution in [2.75, 3.05) is 25.7 Å². The molecule has 3 aromatic rings. The van der Waals surface area contributed by atoms with E-state index in [0.29, 0.717) is 22.6 Å². The fourth-order valence-electron chi connectivity index (χ4n) is 4.10. The highest BCUT2D eigenvalue weighted by Gasteiger charge is 2.37. The van der Waals surface area contributed by atoms with Crippen LogP contribution in [0.15, 0.2) is 51.4 Å². The molecule has 0 aliphatic rings. The fourth-order valence-corrected chi connectivity index (χ4v) is 8.14. The molecule has 0 fully saturated rings. The van der Waals surface area contributed by atoms with Crippen LogP contribution in [0.5, 0.6) is 11.5 Å². The molecular weight excluding hydrogens is 518 g/mol. The molecule has 0 radical (unpaired) electrons. The number of hydrazone groups is 1. The third-order valence-electron chi connectivity index (χ3n) is 5.64. The summed E-state index contributed by atoms with van der Waals surface area (Å²) >= 11 is 0. The van der Waals surface area contributed by atoms with Gasteiger partial charge in [0.25, 0.3) is 5.91 Å². The summed E-state index contributed by atoms with van der Waals surface area (Å²) in [4.78, 5) is 12.6. The first-order valence-electron chi connectivity index (χ1n) is 11.7. The number of aromatic nitrogens is 1. The highest BCUT2D eigenvalue weighted by molar-refractivity contribution is 7.94. The molecule has 1 N–H and O–H groups in total. The molecule has 10 nitrogen and oxygen atoms in total. The van der Waals surface area contributed by atoms with Gasteiger partial charge in [-0.3, -0.25) is 4.79 Å². The van der Waals surface area contributed by atoms with Crippen LogP contribution in [0.2, 0.25) is 0 Å². The Morgan fingerprint density at radius 3 is 2.19 bits per heavy atom. The molecule has 0 atom stereocenters. The SMILES string of the molecule is CCCS(=O)(=O)c1c(S(=O)(=O)CCC)c2c(C)cccn2c1C(=O)N/N=C/c1ccc(OC)c(OC)c1. The Morgan fingerprint density at radius 2 is 1.59 bits per heavy atom. The second-order valence-electron chi connectivity index (χ2n) is 8.37. The molecule has 2 heterocycles. The van der Waals surface area contributed by atoms with Crippen molar-refractivity contribution in [2.24, 2.45) is 5.10 Å². The van der Waals surface area contributed by atoms with Crippen LogP contribution in [-0.2, 0) is 19.7 Å². The van der Waals surface area contributed by atoms with E-state index in [4.69, 9.17) is 9.47 Å². The molecule has 0 unspecified atom stereocenters. The highest BCUT2D eigenvalue weighted by atomic mass is 32.2. The molecule has 0 saturated heterocycles. The summed E-state index contributed by atoms with van der Waals surface area (Å²) in [6, 6.07) is 8.31. The zero-order chi connectivity index (χ0) is 27.4. The van der Waals surface area contributed by atoms with Crippen molar-refractivity contribution in [3.05, 3.63) is 53.3 Å². The van der Waals surface area contributed by atoms with Crippen LogP contribution in [0.4, 0.5) is 0 Å². The third-order valence-corrected chi connectivity index (χ3v) is 9.70. The van der Waals surface area contributed by atoms with Crippen molar-refractivity contribution in [1.82, 2.24) is 9.83 Å². The van der Waals surface area contributed by atoms with Crippen LogP contribution in [0.3, 0.4) is 0 Å². The normalized spacial score (nSPS) is 12.2. The second kappa shape index (κ2) is 11.3. The van der Waals surface area contributed by atoms with E-state index in [2.05, 4.69) is 10.5 Å². The number of nitrogens with one attached hydrogen (secondary N) is 1. The number of ether oxygens (including phenoxy) is 2. The van der Waals surface area contributed by atoms with E-state index in [1.165, 1.54) is 31.0 Å². The average molecular weight is 550 g/mol. The van der Waals surface area contributed by atoms with Crippen molar-refractivity contribution in [1.29, 1.82) is 0 Å². The van der Waals surface area contributed by atoms with Gasteiger partial charge < -0.3 is 13.9 Å². The molecule has 200 valence electrons. The Hall–Kier alpha value is -3.38. The van der Waals surface area contributed by atoms with Crippen LogP contribution in [-0.4, -0.2) is 59.1 Å². The van der Waals surface area contributed by atoms with Crippen molar-refractivity contribution in [3.8, 4) is 11.5 Å². The lowest BCUT2D eigenvalue weighted by molar-refractivity contribution is 0.0945. The van der Waals surface area contributed by atoms with E-state index in [1.807, 2.05) is 0 Å². The number of rotatable bonds is 11. The van der Waals surface area contributed by atoms with Crippen molar-refractivity contribution in [2.45, 2.75) is 43.4 Å². The van der Waals surface area contributed by atoms with E-state index >= 15 is 0 Å².